The van der Waals surface area contributed by atoms with Crippen molar-refractivity contribution in [2.45, 2.75) is 18.9 Å². The molecule has 1 atom stereocenters. The molecular weight excluding hydrogens is 235 g/mol. The van der Waals surface area contributed by atoms with Crippen LogP contribution in [0.3, 0.4) is 0 Å². The van der Waals surface area contributed by atoms with Gasteiger partial charge in [-0.05, 0) is 31.0 Å². The first-order valence-electron chi connectivity index (χ1n) is 4.84. The molecule has 0 radical (unpaired) electrons. The molecule has 5 heteroatoms. The number of aliphatic hydroxyl groups is 1. The molecule has 0 amide bonds. The van der Waals surface area contributed by atoms with Crippen molar-refractivity contribution in [3.8, 4) is 0 Å². The van der Waals surface area contributed by atoms with E-state index in [-0.39, 0.29) is 10.6 Å². The van der Waals surface area contributed by atoms with Gasteiger partial charge in [0.2, 0.25) is 0 Å². The van der Waals surface area contributed by atoms with Crippen LogP contribution in [-0.2, 0) is 4.79 Å². The Morgan fingerprint density at radius 1 is 1.50 bits per heavy atom. The maximum absolute atomic E-state index is 13.4. The van der Waals surface area contributed by atoms with Crippen LogP contribution >= 0.6 is 11.6 Å². The zero-order chi connectivity index (χ0) is 11.9. The van der Waals surface area contributed by atoms with E-state index >= 15 is 0 Å². The number of carboxylic acid groups (broad SMARTS) is 1. The number of hydrogen-bond donors (Lipinski definition) is 2. The van der Waals surface area contributed by atoms with Gasteiger partial charge < -0.3 is 10.2 Å². The van der Waals surface area contributed by atoms with Crippen LogP contribution in [0.25, 0.3) is 0 Å². The summed E-state index contributed by atoms with van der Waals surface area (Å²) in [7, 11) is 0. The molecule has 1 aliphatic rings. The summed E-state index contributed by atoms with van der Waals surface area (Å²) in [5, 5.41) is 19.2. The van der Waals surface area contributed by atoms with Gasteiger partial charge >= 0.3 is 5.97 Å². The van der Waals surface area contributed by atoms with Crippen LogP contribution in [0.4, 0.5) is 4.39 Å². The van der Waals surface area contributed by atoms with Crippen LogP contribution in [0.5, 0.6) is 0 Å². The predicted molar refractivity (Wildman–Crippen MR) is 55.7 cm³/mol. The molecule has 1 saturated carbocycles. The normalized spacial score (nSPS) is 19.2. The minimum Gasteiger partial charge on any atom is -0.481 e. The summed E-state index contributed by atoms with van der Waals surface area (Å²) in [4.78, 5) is 11.0. The summed E-state index contributed by atoms with van der Waals surface area (Å²) < 4.78 is 13.4. The maximum Gasteiger partial charge on any atom is 0.312 e. The third-order valence-electron chi connectivity index (χ3n) is 2.99. The van der Waals surface area contributed by atoms with E-state index in [9.17, 15) is 14.3 Å². The summed E-state index contributed by atoms with van der Waals surface area (Å²) in [5.74, 6) is -1.73. The largest absolute Gasteiger partial charge is 0.481 e. The average Bonchev–Trinajstić information content (AvgIpc) is 3.01. The van der Waals surface area contributed by atoms with Gasteiger partial charge in [-0.3, -0.25) is 4.79 Å². The lowest BCUT2D eigenvalue weighted by molar-refractivity contribution is -0.148. The smallest absolute Gasteiger partial charge is 0.312 e. The van der Waals surface area contributed by atoms with E-state index in [1.807, 2.05) is 0 Å². The Morgan fingerprint density at radius 2 is 2.12 bits per heavy atom. The molecule has 86 valence electrons. The molecule has 1 unspecified atom stereocenters. The highest BCUT2D eigenvalue weighted by Gasteiger charge is 2.56. The summed E-state index contributed by atoms with van der Waals surface area (Å²) >= 11 is 5.69. The fraction of sp³-hybridized carbons (Fsp3) is 0.364. The number of hydrogen-bond acceptors (Lipinski definition) is 2. The van der Waals surface area contributed by atoms with Gasteiger partial charge in [0, 0.05) is 10.6 Å². The Hall–Kier alpha value is -1.13. The molecule has 0 spiro atoms. The topological polar surface area (TPSA) is 57.5 Å². The third-order valence-corrected chi connectivity index (χ3v) is 3.23. The van der Waals surface area contributed by atoms with Crippen molar-refractivity contribution in [3.05, 3.63) is 34.6 Å². The molecule has 16 heavy (non-hydrogen) atoms. The van der Waals surface area contributed by atoms with Crippen molar-refractivity contribution in [2.24, 2.45) is 5.41 Å². The first-order chi connectivity index (χ1) is 7.47. The minimum atomic E-state index is -1.34. The molecule has 0 aliphatic heterocycles. The van der Waals surface area contributed by atoms with Crippen LogP contribution in [0.1, 0.15) is 24.5 Å². The summed E-state index contributed by atoms with van der Waals surface area (Å²) in [5.41, 5.74) is -1.28. The fourth-order valence-electron chi connectivity index (χ4n) is 1.76. The molecule has 1 aromatic rings. The third kappa shape index (κ3) is 1.68. The molecule has 0 heterocycles. The highest BCUT2D eigenvalue weighted by Crippen LogP contribution is 2.55. The highest BCUT2D eigenvalue weighted by atomic mass is 35.5. The number of carbonyl (C=O) groups is 1. The van der Waals surface area contributed by atoms with Crippen molar-refractivity contribution >= 4 is 17.6 Å². The van der Waals surface area contributed by atoms with Crippen molar-refractivity contribution in [1.29, 1.82) is 0 Å². The molecule has 1 aromatic carbocycles. The summed E-state index contributed by atoms with van der Waals surface area (Å²) in [6.07, 6.45) is -0.631. The van der Waals surface area contributed by atoms with Crippen LogP contribution in [0, 0.1) is 11.2 Å². The molecular formula is C11H10ClFO3. The van der Waals surface area contributed by atoms with Crippen molar-refractivity contribution in [3.63, 3.8) is 0 Å². The van der Waals surface area contributed by atoms with Crippen LogP contribution in [0.2, 0.25) is 5.02 Å². The molecule has 0 saturated heterocycles. The van der Waals surface area contributed by atoms with E-state index in [1.54, 1.807) is 0 Å². The van der Waals surface area contributed by atoms with Gasteiger partial charge in [0.1, 0.15) is 5.82 Å². The molecule has 2 N–H and O–H groups in total. The molecule has 2 rings (SSSR count). The number of aliphatic carboxylic acids is 1. The van der Waals surface area contributed by atoms with Crippen LogP contribution in [0.15, 0.2) is 18.2 Å². The fourth-order valence-corrected chi connectivity index (χ4v) is 1.94. The molecule has 1 fully saturated rings. The highest BCUT2D eigenvalue weighted by molar-refractivity contribution is 6.30. The number of halogens is 2. The lowest BCUT2D eigenvalue weighted by Crippen LogP contribution is -2.24. The second-order valence-electron chi connectivity index (χ2n) is 4.03. The van der Waals surface area contributed by atoms with Crippen molar-refractivity contribution < 1.29 is 19.4 Å². The van der Waals surface area contributed by atoms with Crippen LogP contribution in [-0.4, -0.2) is 16.2 Å². The van der Waals surface area contributed by atoms with Gasteiger partial charge in [0.05, 0.1) is 11.5 Å². The second-order valence-corrected chi connectivity index (χ2v) is 4.47. The Kier molecular flexibility index (Phi) is 2.64. The molecule has 1 aliphatic carbocycles. The Morgan fingerprint density at radius 3 is 2.62 bits per heavy atom. The van der Waals surface area contributed by atoms with Gasteiger partial charge in [0.25, 0.3) is 0 Å². The van der Waals surface area contributed by atoms with E-state index in [1.165, 1.54) is 12.1 Å². The molecule has 0 bridgehead atoms. The van der Waals surface area contributed by atoms with Gasteiger partial charge in [-0.1, -0.05) is 11.6 Å². The van der Waals surface area contributed by atoms with E-state index < -0.39 is 23.3 Å². The van der Waals surface area contributed by atoms with E-state index in [0.717, 1.165) is 6.07 Å². The van der Waals surface area contributed by atoms with E-state index in [0.29, 0.717) is 12.8 Å². The van der Waals surface area contributed by atoms with Crippen LogP contribution < -0.4 is 0 Å². The number of rotatable bonds is 3. The zero-order valence-corrected chi connectivity index (χ0v) is 9.04. The van der Waals surface area contributed by atoms with Gasteiger partial charge in [0.15, 0.2) is 0 Å². The minimum absolute atomic E-state index is 0.0487. The second kappa shape index (κ2) is 3.71. The zero-order valence-electron chi connectivity index (χ0n) is 8.28. The standard InChI is InChI=1S/C11H10ClFO3/c12-6-1-2-8(13)7(5-6)9(14)11(3-4-11)10(15)16/h1-2,5,9,14H,3-4H2,(H,15,16). The van der Waals surface area contributed by atoms with Gasteiger partial charge in [-0.25, -0.2) is 4.39 Å². The first-order valence-corrected chi connectivity index (χ1v) is 5.21. The van der Waals surface area contributed by atoms with Crippen molar-refractivity contribution in [2.75, 3.05) is 0 Å². The van der Waals surface area contributed by atoms with Gasteiger partial charge in [-0.2, -0.15) is 0 Å². The number of carboxylic acids is 1. The van der Waals surface area contributed by atoms with E-state index in [4.69, 9.17) is 16.7 Å². The quantitative estimate of drug-likeness (QED) is 0.858. The molecule has 3 nitrogen and oxygen atoms in total. The Balaban J connectivity index is 2.38. The number of benzene rings is 1. The Bertz CT molecular complexity index is 443. The van der Waals surface area contributed by atoms with E-state index in [2.05, 4.69) is 0 Å². The summed E-state index contributed by atoms with van der Waals surface area (Å²) in [6, 6.07) is 3.75. The Labute approximate surface area is 96.5 Å². The van der Waals surface area contributed by atoms with Crippen molar-refractivity contribution in [1.82, 2.24) is 0 Å². The average molecular weight is 245 g/mol. The molecule has 0 aromatic heterocycles. The lowest BCUT2D eigenvalue weighted by atomic mass is 9.92. The predicted octanol–water partition coefficient (Wildman–Crippen LogP) is 2.38. The first kappa shape index (κ1) is 11.4. The lowest BCUT2D eigenvalue weighted by Gasteiger charge is -2.19. The van der Waals surface area contributed by atoms with Gasteiger partial charge in [-0.15, -0.1) is 0 Å². The SMILES string of the molecule is O=C(O)C1(C(O)c2cc(Cl)ccc2F)CC1. The maximum atomic E-state index is 13.4. The summed E-state index contributed by atoms with van der Waals surface area (Å²) in [6.45, 7) is 0. The monoisotopic (exact) mass is 244 g/mol. The number of aliphatic hydroxyl groups excluding tert-OH is 1.